The molecule has 2 saturated heterocycles. The number of fused-ring (bicyclic) bond motifs is 1. The number of carbonyl (C=O) groups excluding carboxylic acids is 2. The molecule has 0 aliphatic carbocycles. The number of carbonyl (C=O) groups is 2. The summed E-state index contributed by atoms with van der Waals surface area (Å²) in [7, 11) is 0. The van der Waals surface area contributed by atoms with Crippen molar-refractivity contribution in [2.24, 2.45) is 0 Å². The summed E-state index contributed by atoms with van der Waals surface area (Å²) in [5, 5.41) is 5.34. The van der Waals surface area contributed by atoms with Gasteiger partial charge in [0, 0.05) is 50.9 Å². The van der Waals surface area contributed by atoms with Gasteiger partial charge in [0.15, 0.2) is 5.65 Å². The molecule has 2 aromatic heterocycles. The molecule has 0 saturated carbocycles. The van der Waals surface area contributed by atoms with Crippen LogP contribution in [0, 0.1) is 0 Å². The molecule has 0 atom stereocenters. The first-order valence-electron chi connectivity index (χ1n) is 11.8. The maximum absolute atomic E-state index is 13.2. The van der Waals surface area contributed by atoms with E-state index in [1.54, 1.807) is 12.4 Å². The molecule has 0 radical (unpaired) electrons. The highest BCUT2D eigenvalue weighted by Gasteiger charge is 2.24. The molecule has 0 bridgehead atoms. The lowest BCUT2D eigenvalue weighted by Gasteiger charge is -2.24. The zero-order valence-corrected chi connectivity index (χ0v) is 18.9. The van der Waals surface area contributed by atoms with Crippen LogP contribution in [0.2, 0.25) is 0 Å². The topological polar surface area (TPSA) is 74.6 Å². The van der Waals surface area contributed by atoms with Gasteiger partial charge in [0.2, 0.25) is 5.91 Å². The van der Waals surface area contributed by atoms with Gasteiger partial charge in [0.25, 0.3) is 5.91 Å². The molecule has 0 N–H and O–H groups in total. The van der Waals surface area contributed by atoms with Crippen LogP contribution in [0.25, 0.3) is 11.0 Å². The van der Waals surface area contributed by atoms with Crippen molar-refractivity contribution in [1.82, 2.24) is 29.5 Å². The fourth-order valence-electron chi connectivity index (χ4n) is 4.73. The summed E-state index contributed by atoms with van der Waals surface area (Å²) in [6.07, 6.45) is 6.52. The van der Waals surface area contributed by atoms with Crippen molar-refractivity contribution in [2.45, 2.75) is 25.8 Å². The van der Waals surface area contributed by atoms with Crippen LogP contribution in [-0.4, -0.2) is 87.1 Å². The number of benzene rings is 1. The van der Waals surface area contributed by atoms with Crippen molar-refractivity contribution in [3.8, 4) is 0 Å². The summed E-state index contributed by atoms with van der Waals surface area (Å²) < 4.78 is 1.86. The van der Waals surface area contributed by atoms with Crippen LogP contribution in [0.4, 0.5) is 0 Å². The van der Waals surface area contributed by atoms with Crippen LogP contribution >= 0.6 is 0 Å². The molecule has 33 heavy (non-hydrogen) atoms. The van der Waals surface area contributed by atoms with E-state index in [1.807, 2.05) is 38.7 Å². The molecule has 1 aromatic carbocycles. The summed E-state index contributed by atoms with van der Waals surface area (Å²) in [5.74, 6) is 0.211. The van der Waals surface area contributed by atoms with E-state index in [9.17, 15) is 9.59 Å². The SMILES string of the molecule is O=C(CN1CCCN(C(=O)c2cnc3c(cnn3Cc3ccccc3)c2)CC1)N1CCCC1. The van der Waals surface area contributed by atoms with Crippen molar-refractivity contribution in [3.05, 3.63) is 59.9 Å². The Bertz CT molecular complexity index is 1120. The van der Waals surface area contributed by atoms with Crippen LogP contribution in [0.1, 0.15) is 35.2 Å². The zero-order valence-electron chi connectivity index (χ0n) is 18.9. The summed E-state index contributed by atoms with van der Waals surface area (Å²) in [5.41, 5.74) is 2.52. The van der Waals surface area contributed by atoms with Gasteiger partial charge in [0.05, 0.1) is 24.8 Å². The van der Waals surface area contributed by atoms with Crippen molar-refractivity contribution in [3.63, 3.8) is 0 Å². The Kier molecular flexibility index (Phi) is 6.35. The minimum Gasteiger partial charge on any atom is -0.342 e. The first-order valence-corrected chi connectivity index (χ1v) is 11.8. The second-order valence-electron chi connectivity index (χ2n) is 8.93. The average molecular weight is 447 g/mol. The Hall–Kier alpha value is -3.26. The first-order chi connectivity index (χ1) is 16.2. The fourth-order valence-corrected chi connectivity index (χ4v) is 4.73. The monoisotopic (exact) mass is 446 g/mol. The van der Waals surface area contributed by atoms with Gasteiger partial charge in [-0.3, -0.25) is 14.5 Å². The quantitative estimate of drug-likeness (QED) is 0.601. The van der Waals surface area contributed by atoms with Gasteiger partial charge in [0.1, 0.15) is 0 Å². The van der Waals surface area contributed by atoms with E-state index in [4.69, 9.17) is 0 Å². The molecular formula is C25H30N6O2. The Morgan fingerprint density at radius 3 is 2.45 bits per heavy atom. The average Bonchev–Trinajstić information content (AvgIpc) is 3.46. The summed E-state index contributed by atoms with van der Waals surface area (Å²) in [4.78, 5) is 36.3. The Balaban J connectivity index is 1.22. The van der Waals surface area contributed by atoms with Gasteiger partial charge in [-0.05, 0) is 30.9 Å². The van der Waals surface area contributed by atoms with E-state index in [-0.39, 0.29) is 11.8 Å². The Morgan fingerprint density at radius 1 is 0.848 bits per heavy atom. The number of amides is 2. The molecular weight excluding hydrogens is 416 g/mol. The highest BCUT2D eigenvalue weighted by Crippen LogP contribution is 2.17. The standard InChI is InChI=1S/C25H30N6O2/c32-23(29-10-4-5-11-29)19-28-9-6-12-30(14-13-28)25(33)22-15-21-17-27-31(24(21)26-16-22)18-20-7-2-1-3-8-20/h1-3,7-8,15-17H,4-6,9-14,18-19H2. The highest BCUT2D eigenvalue weighted by molar-refractivity contribution is 5.96. The summed E-state index contributed by atoms with van der Waals surface area (Å²) in [6.45, 7) is 5.74. The number of pyridine rings is 1. The molecule has 0 unspecified atom stereocenters. The minimum atomic E-state index is -0.00655. The molecule has 8 heteroatoms. The lowest BCUT2D eigenvalue weighted by atomic mass is 10.2. The number of hydrogen-bond donors (Lipinski definition) is 0. The third-order valence-corrected chi connectivity index (χ3v) is 6.59. The first kappa shape index (κ1) is 21.6. The predicted molar refractivity (Wildman–Crippen MR) is 126 cm³/mol. The molecule has 2 amide bonds. The molecule has 172 valence electrons. The van der Waals surface area contributed by atoms with Gasteiger partial charge < -0.3 is 9.80 Å². The second-order valence-corrected chi connectivity index (χ2v) is 8.93. The molecule has 5 rings (SSSR count). The van der Waals surface area contributed by atoms with Crippen molar-refractivity contribution in [1.29, 1.82) is 0 Å². The van der Waals surface area contributed by atoms with Gasteiger partial charge >= 0.3 is 0 Å². The second kappa shape index (κ2) is 9.70. The molecule has 4 heterocycles. The number of aromatic nitrogens is 3. The van der Waals surface area contributed by atoms with Crippen LogP contribution in [0.3, 0.4) is 0 Å². The maximum Gasteiger partial charge on any atom is 0.255 e. The third-order valence-electron chi connectivity index (χ3n) is 6.59. The normalized spacial score (nSPS) is 17.5. The largest absolute Gasteiger partial charge is 0.342 e. The molecule has 2 aliphatic heterocycles. The number of hydrogen-bond acceptors (Lipinski definition) is 5. The molecule has 8 nitrogen and oxygen atoms in total. The molecule has 2 fully saturated rings. The predicted octanol–water partition coefficient (Wildman–Crippen LogP) is 2.25. The highest BCUT2D eigenvalue weighted by atomic mass is 16.2. The number of likely N-dealkylation sites (tertiary alicyclic amines) is 1. The zero-order chi connectivity index (χ0) is 22.6. The van der Waals surface area contributed by atoms with E-state index < -0.39 is 0 Å². The molecule has 0 spiro atoms. The van der Waals surface area contributed by atoms with Gasteiger partial charge in [-0.1, -0.05) is 30.3 Å². The fraction of sp³-hybridized carbons (Fsp3) is 0.440. The number of nitrogens with zero attached hydrogens (tertiary/aromatic N) is 6. The van der Waals surface area contributed by atoms with Crippen molar-refractivity contribution in [2.75, 3.05) is 45.8 Å². The van der Waals surface area contributed by atoms with Crippen molar-refractivity contribution < 1.29 is 9.59 Å². The van der Waals surface area contributed by atoms with Crippen LogP contribution in [-0.2, 0) is 11.3 Å². The van der Waals surface area contributed by atoms with Gasteiger partial charge in [-0.25, -0.2) is 9.67 Å². The van der Waals surface area contributed by atoms with E-state index in [2.05, 4.69) is 27.1 Å². The van der Waals surface area contributed by atoms with Crippen LogP contribution in [0.5, 0.6) is 0 Å². The lowest BCUT2D eigenvalue weighted by molar-refractivity contribution is -0.131. The van der Waals surface area contributed by atoms with Gasteiger partial charge in [-0.2, -0.15) is 5.10 Å². The van der Waals surface area contributed by atoms with Crippen LogP contribution < -0.4 is 0 Å². The maximum atomic E-state index is 13.2. The van der Waals surface area contributed by atoms with E-state index in [0.717, 1.165) is 62.0 Å². The number of rotatable bonds is 5. The lowest BCUT2D eigenvalue weighted by Crippen LogP contribution is -2.41. The summed E-state index contributed by atoms with van der Waals surface area (Å²) >= 11 is 0. The smallest absolute Gasteiger partial charge is 0.255 e. The third kappa shape index (κ3) is 4.90. The van der Waals surface area contributed by atoms with Crippen molar-refractivity contribution >= 4 is 22.8 Å². The Labute approximate surface area is 193 Å². The van der Waals surface area contributed by atoms with Crippen LogP contribution in [0.15, 0.2) is 48.8 Å². The van der Waals surface area contributed by atoms with Gasteiger partial charge in [-0.15, -0.1) is 0 Å². The Morgan fingerprint density at radius 2 is 1.64 bits per heavy atom. The van der Waals surface area contributed by atoms with E-state index >= 15 is 0 Å². The minimum absolute atomic E-state index is 0.00655. The molecule has 3 aromatic rings. The van der Waals surface area contributed by atoms with E-state index in [1.165, 1.54) is 0 Å². The summed E-state index contributed by atoms with van der Waals surface area (Å²) in [6, 6.07) is 12.0. The molecule has 2 aliphatic rings. The van der Waals surface area contributed by atoms with E-state index in [0.29, 0.717) is 31.7 Å².